The first-order valence-electron chi connectivity index (χ1n) is 5.16. The summed E-state index contributed by atoms with van der Waals surface area (Å²) in [7, 11) is 0. The Labute approximate surface area is 85.6 Å². The summed E-state index contributed by atoms with van der Waals surface area (Å²) in [6.07, 6.45) is 1.20. The quantitative estimate of drug-likeness (QED) is 0.598. The Kier molecular flexibility index (Phi) is 7.42. The number of aliphatic hydroxyl groups excluding tert-OH is 1. The lowest BCUT2D eigenvalue weighted by molar-refractivity contribution is -0.143. The molecule has 84 valence electrons. The monoisotopic (exact) mass is 203 g/mol. The third-order valence-electron chi connectivity index (χ3n) is 2.01. The zero-order chi connectivity index (χ0) is 11.0. The van der Waals surface area contributed by atoms with Crippen LogP contribution >= 0.6 is 0 Å². The maximum atomic E-state index is 11.1. The highest BCUT2D eigenvalue weighted by Crippen LogP contribution is 1.98. The Morgan fingerprint density at radius 3 is 2.57 bits per heavy atom. The zero-order valence-corrected chi connectivity index (χ0v) is 9.25. The Hall–Kier alpha value is -0.610. The molecule has 0 aliphatic carbocycles. The van der Waals surface area contributed by atoms with Crippen LogP contribution in [0.3, 0.4) is 0 Å². The van der Waals surface area contributed by atoms with E-state index in [0.29, 0.717) is 13.0 Å². The molecule has 0 fully saturated rings. The summed E-state index contributed by atoms with van der Waals surface area (Å²) >= 11 is 0. The summed E-state index contributed by atoms with van der Waals surface area (Å²) in [6.45, 7) is 6.21. The topological polar surface area (TPSA) is 58.6 Å². The average molecular weight is 203 g/mol. The number of rotatable bonds is 7. The molecule has 0 rings (SSSR count). The van der Waals surface area contributed by atoms with E-state index in [4.69, 9.17) is 9.84 Å². The molecule has 0 saturated carbocycles. The van der Waals surface area contributed by atoms with Crippen LogP contribution in [0.1, 0.15) is 33.6 Å². The Morgan fingerprint density at radius 1 is 1.50 bits per heavy atom. The van der Waals surface area contributed by atoms with Gasteiger partial charge in [0.25, 0.3) is 0 Å². The summed E-state index contributed by atoms with van der Waals surface area (Å²) in [5.41, 5.74) is 0. The molecule has 0 aliphatic heterocycles. The van der Waals surface area contributed by atoms with Gasteiger partial charge in [-0.15, -0.1) is 0 Å². The fourth-order valence-corrected chi connectivity index (χ4v) is 1.23. The molecule has 4 heteroatoms. The second-order valence-corrected chi connectivity index (χ2v) is 3.36. The minimum absolute atomic E-state index is 0.0474. The number of ether oxygens (including phenoxy) is 1. The van der Waals surface area contributed by atoms with Crippen molar-refractivity contribution in [3.8, 4) is 0 Å². The fraction of sp³-hybridized carbons (Fsp3) is 0.900. The van der Waals surface area contributed by atoms with Crippen LogP contribution in [0.5, 0.6) is 0 Å². The van der Waals surface area contributed by atoms with E-state index in [-0.39, 0.29) is 24.7 Å². The Bertz CT molecular complexity index is 157. The molecule has 14 heavy (non-hydrogen) atoms. The summed E-state index contributed by atoms with van der Waals surface area (Å²) in [5.74, 6) is -0.194. The second-order valence-electron chi connectivity index (χ2n) is 3.36. The summed E-state index contributed by atoms with van der Waals surface area (Å²) in [5, 5.41) is 12.1. The van der Waals surface area contributed by atoms with Gasteiger partial charge in [0.2, 0.25) is 0 Å². The van der Waals surface area contributed by atoms with Crippen molar-refractivity contribution in [2.24, 2.45) is 0 Å². The molecule has 0 radical (unpaired) electrons. The van der Waals surface area contributed by atoms with Gasteiger partial charge in [-0.05, 0) is 20.3 Å². The molecule has 0 aliphatic rings. The van der Waals surface area contributed by atoms with Crippen molar-refractivity contribution in [1.82, 2.24) is 5.32 Å². The van der Waals surface area contributed by atoms with Crippen LogP contribution in [0.25, 0.3) is 0 Å². The molecule has 2 N–H and O–H groups in total. The number of hydrogen-bond donors (Lipinski definition) is 2. The molecular weight excluding hydrogens is 182 g/mol. The van der Waals surface area contributed by atoms with E-state index in [2.05, 4.69) is 5.32 Å². The third-order valence-corrected chi connectivity index (χ3v) is 2.01. The lowest BCUT2D eigenvalue weighted by Gasteiger charge is -2.19. The molecule has 0 amide bonds. The van der Waals surface area contributed by atoms with Crippen LogP contribution in [0, 0.1) is 0 Å². The van der Waals surface area contributed by atoms with Crippen LogP contribution in [-0.2, 0) is 9.53 Å². The predicted molar refractivity (Wildman–Crippen MR) is 55.0 cm³/mol. The van der Waals surface area contributed by atoms with Crippen LogP contribution in [-0.4, -0.2) is 36.4 Å². The second kappa shape index (κ2) is 7.76. The lowest BCUT2D eigenvalue weighted by Crippen LogP contribution is -2.39. The highest BCUT2D eigenvalue weighted by Gasteiger charge is 2.13. The molecule has 2 atom stereocenters. The van der Waals surface area contributed by atoms with E-state index in [1.807, 2.05) is 13.8 Å². The first kappa shape index (κ1) is 13.4. The van der Waals surface area contributed by atoms with Crippen molar-refractivity contribution >= 4 is 5.97 Å². The number of nitrogens with one attached hydrogen (secondary N) is 1. The van der Waals surface area contributed by atoms with Crippen LogP contribution in [0.15, 0.2) is 0 Å². The molecule has 0 bridgehead atoms. The maximum absolute atomic E-state index is 11.1. The molecule has 0 aromatic heterocycles. The van der Waals surface area contributed by atoms with Crippen molar-refractivity contribution in [3.05, 3.63) is 0 Å². The number of hydrogen-bond acceptors (Lipinski definition) is 4. The predicted octanol–water partition coefficient (Wildman–Crippen LogP) is 0.689. The summed E-state index contributed by atoms with van der Waals surface area (Å²) in [6, 6.07) is 0.116. The smallest absolute Gasteiger partial charge is 0.307 e. The normalized spacial score (nSPS) is 14.9. The van der Waals surface area contributed by atoms with Crippen molar-refractivity contribution in [2.45, 2.75) is 45.7 Å². The van der Waals surface area contributed by atoms with Gasteiger partial charge in [0, 0.05) is 12.1 Å². The summed E-state index contributed by atoms with van der Waals surface area (Å²) < 4.78 is 4.82. The first-order chi connectivity index (χ1) is 6.63. The van der Waals surface area contributed by atoms with Gasteiger partial charge in [0.15, 0.2) is 0 Å². The molecule has 0 heterocycles. The number of aliphatic hydroxyl groups is 1. The van der Waals surface area contributed by atoms with E-state index < -0.39 is 0 Å². The van der Waals surface area contributed by atoms with E-state index in [0.717, 1.165) is 6.42 Å². The van der Waals surface area contributed by atoms with Crippen LogP contribution in [0.2, 0.25) is 0 Å². The van der Waals surface area contributed by atoms with Gasteiger partial charge >= 0.3 is 5.97 Å². The van der Waals surface area contributed by atoms with Gasteiger partial charge in [-0.1, -0.05) is 6.92 Å². The van der Waals surface area contributed by atoms with Gasteiger partial charge in [-0.3, -0.25) is 4.79 Å². The van der Waals surface area contributed by atoms with Gasteiger partial charge in [-0.25, -0.2) is 0 Å². The minimum Gasteiger partial charge on any atom is -0.466 e. The van der Waals surface area contributed by atoms with Crippen molar-refractivity contribution in [3.63, 3.8) is 0 Å². The van der Waals surface area contributed by atoms with E-state index >= 15 is 0 Å². The van der Waals surface area contributed by atoms with E-state index in [1.54, 1.807) is 6.92 Å². The van der Waals surface area contributed by atoms with E-state index in [1.165, 1.54) is 0 Å². The summed E-state index contributed by atoms with van der Waals surface area (Å²) in [4.78, 5) is 11.1. The van der Waals surface area contributed by atoms with Crippen LogP contribution < -0.4 is 5.32 Å². The fourth-order valence-electron chi connectivity index (χ4n) is 1.23. The van der Waals surface area contributed by atoms with E-state index in [9.17, 15) is 4.79 Å². The lowest BCUT2D eigenvalue weighted by atomic mass is 10.1. The molecule has 0 aromatic carbocycles. The zero-order valence-electron chi connectivity index (χ0n) is 9.25. The van der Waals surface area contributed by atoms with Gasteiger partial charge in [-0.2, -0.15) is 0 Å². The molecular formula is C10H21NO3. The molecule has 2 unspecified atom stereocenters. The van der Waals surface area contributed by atoms with Gasteiger partial charge in [0.05, 0.1) is 19.6 Å². The molecule has 0 saturated heterocycles. The highest BCUT2D eigenvalue weighted by molar-refractivity contribution is 5.69. The molecule has 4 nitrogen and oxygen atoms in total. The molecule has 0 spiro atoms. The van der Waals surface area contributed by atoms with Crippen molar-refractivity contribution in [1.29, 1.82) is 0 Å². The number of carbonyl (C=O) groups is 1. The SMILES string of the molecule is CCOC(=O)CC(C)NC(CC)CO. The van der Waals surface area contributed by atoms with Gasteiger partial charge in [0.1, 0.15) is 0 Å². The van der Waals surface area contributed by atoms with Gasteiger partial charge < -0.3 is 15.2 Å². The van der Waals surface area contributed by atoms with Crippen molar-refractivity contribution < 1.29 is 14.6 Å². The molecule has 0 aromatic rings. The highest BCUT2D eigenvalue weighted by atomic mass is 16.5. The Balaban J connectivity index is 3.72. The van der Waals surface area contributed by atoms with Crippen LogP contribution in [0.4, 0.5) is 0 Å². The number of esters is 1. The average Bonchev–Trinajstić information content (AvgIpc) is 2.14. The largest absolute Gasteiger partial charge is 0.466 e. The standard InChI is InChI=1S/C10H21NO3/c1-4-9(7-12)11-8(3)6-10(13)14-5-2/h8-9,11-12H,4-7H2,1-3H3. The van der Waals surface area contributed by atoms with Crippen molar-refractivity contribution in [2.75, 3.05) is 13.2 Å². The third kappa shape index (κ3) is 5.94. The maximum Gasteiger partial charge on any atom is 0.307 e. The first-order valence-corrected chi connectivity index (χ1v) is 5.16. The Morgan fingerprint density at radius 2 is 2.14 bits per heavy atom. The number of carbonyl (C=O) groups excluding carboxylic acids is 1. The minimum atomic E-state index is -0.194.